The van der Waals surface area contributed by atoms with Gasteiger partial charge in [0.25, 0.3) is 15.7 Å². The van der Waals surface area contributed by atoms with Gasteiger partial charge in [0, 0.05) is 23.3 Å². The van der Waals surface area contributed by atoms with Gasteiger partial charge in [-0.15, -0.1) is 0 Å². The third-order valence-electron chi connectivity index (χ3n) is 3.99. The molecule has 0 heterocycles. The van der Waals surface area contributed by atoms with E-state index in [1.807, 2.05) is 13.0 Å². The summed E-state index contributed by atoms with van der Waals surface area (Å²) in [5.41, 5.74) is 2.15. The summed E-state index contributed by atoms with van der Waals surface area (Å²) in [5.74, 6) is 0. The zero-order chi connectivity index (χ0) is 20.1. The Hall–Kier alpha value is -3.52. The molecule has 8 heteroatoms. The van der Waals surface area contributed by atoms with Gasteiger partial charge in [-0.05, 0) is 19.1 Å². The molecule has 0 fully saturated rings. The van der Waals surface area contributed by atoms with Gasteiger partial charge in [0.05, 0.1) is 15.5 Å². The van der Waals surface area contributed by atoms with Crippen LogP contribution in [0.5, 0.6) is 0 Å². The maximum atomic E-state index is 12.6. The molecule has 0 bridgehead atoms. The second-order valence-electron chi connectivity index (χ2n) is 6.04. The summed E-state index contributed by atoms with van der Waals surface area (Å²) in [6.07, 6.45) is 0. The van der Waals surface area contributed by atoms with Gasteiger partial charge in [-0.25, -0.2) is 0 Å². The number of hydrogen-bond acceptors (Lipinski definition) is 5. The Morgan fingerprint density at radius 1 is 0.929 bits per heavy atom. The quantitative estimate of drug-likeness (QED) is 0.391. The van der Waals surface area contributed by atoms with Crippen LogP contribution in [-0.4, -0.2) is 19.1 Å². The molecular formula is C20H17N3O4S. The number of nitro groups is 1. The Bertz CT molecular complexity index is 1130. The lowest BCUT2D eigenvalue weighted by atomic mass is 10.0. The van der Waals surface area contributed by atoms with E-state index in [0.717, 1.165) is 5.56 Å². The summed E-state index contributed by atoms with van der Waals surface area (Å²) in [5, 5.41) is 15.2. The van der Waals surface area contributed by atoms with E-state index in [1.165, 1.54) is 30.3 Å². The van der Waals surface area contributed by atoms with E-state index in [-0.39, 0.29) is 16.3 Å². The SMILES string of the molecule is Cc1ccc(S(=O)(=O)N/N=C(/c2ccccc2)c2cccc([N+](=O)[O-])c2)cc1. The van der Waals surface area contributed by atoms with Crippen molar-refractivity contribution < 1.29 is 13.3 Å². The average molecular weight is 395 g/mol. The van der Waals surface area contributed by atoms with Crippen molar-refractivity contribution in [2.24, 2.45) is 5.10 Å². The molecule has 0 atom stereocenters. The monoisotopic (exact) mass is 395 g/mol. The van der Waals surface area contributed by atoms with E-state index in [2.05, 4.69) is 9.93 Å². The number of non-ortho nitro benzene ring substituents is 1. The number of nitro benzene ring substituents is 1. The van der Waals surface area contributed by atoms with Crippen LogP contribution < -0.4 is 4.83 Å². The first kappa shape index (κ1) is 19.2. The summed E-state index contributed by atoms with van der Waals surface area (Å²) in [7, 11) is -3.89. The van der Waals surface area contributed by atoms with Crippen molar-refractivity contribution >= 4 is 21.4 Å². The average Bonchev–Trinajstić information content (AvgIpc) is 2.69. The van der Waals surface area contributed by atoms with Crippen molar-refractivity contribution in [3.05, 3.63) is 106 Å². The fourth-order valence-corrected chi connectivity index (χ4v) is 3.35. The number of rotatable bonds is 6. The number of aryl methyl sites for hydroxylation is 1. The molecule has 0 radical (unpaired) electrons. The summed E-state index contributed by atoms with van der Waals surface area (Å²) in [4.78, 5) is 12.9. The maximum Gasteiger partial charge on any atom is 0.276 e. The number of nitrogens with one attached hydrogen (secondary N) is 1. The zero-order valence-electron chi connectivity index (χ0n) is 14.9. The number of nitrogens with zero attached hydrogens (tertiary/aromatic N) is 2. The number of hydrazone groups is 1. The van der Waals surface area contributed by atoms with Crippen molar-refractivity contribution in [2.75, 3.05) is 0 Å². The molecule has 0 spiro atoms. The molecule has 0 saturated carbocycles. The van der Waals surface area contributed by atoms with E-state index in [1.54, 1.807) is 42.5 Å². The molecule has 7 nitrogen and oxygen atoms in total. The molecule has 0 unspecified atom stereocenters. The highest BCUT2D eigenvalue weighted by Gasteiger charge is 2.16. The number of hydrogen-bond donors (Lipinski definition) is 1. The smallest absolute Gasteiger partial charge is 0.258 e. The molecule has 0 aromatic heterocycles. The van der Waals surface area contributed by atoms with Gasteiger partial charge in [0.15, 0.2) is 0 Å². The third kappa shape index (κ3) is 4.41. The zero-order valence-corrected chi connectivity index (χ0v) is 15.8. The number of benzene rings is 3. The molecule has 3 aromatic rings. The van der Waals surface area contributed by atoms with Crippen LogP contribution in [0.15, 0.2) is 88.9 Å². The highest BCUT2D eigenvalue weighted by molar-refractivity contribution is 7.89. The summed E-state index contributed by atoms with van der Waals surface area (Å²) >= 11 is 0. The van der Waals surface area contributed by atoms with Crippen LogP contribution in [0.4, 0.5) is 5.69 Å². The lowest BCUT2D eigenvalue weighted by Crippen LogP contribution is -2.21. The fraction of sp³-hybridized carbons (Fsp3) is 0.0500. The molecule has 1 N–H and O–H groups in total. The van der Waals surface area contributed by atoms with Gasteiger partial charge in [0.2, 0.25) is 0 Å². The molecule has 3 aromatic carbocycles. The first-order valence-electron chi connectivity index (χ1n) is 8.33. The molecule has 0 saturated heterocycles. The lowest BCUT2D eigenvalue weighted by Gasteiger charge is -2.09. The third-order valence-corrected chi connectivity index (χ3v) is 5.21. The molecule has 0 aliphatic heterocycles. The Kier molecular flexibility index (Phi) is 5.51. The molecule has 0 amide bonds. The van der Waals surface area contributed by atoms with Gasteiger partial charge in [0.1, 0.15) is 0 Å². The lowest BCUT2D eigenvalue weighted by molar-refractivity contribution is -0.384. The second-order valence-corrected chi connectivity index (χ2v) is 7.70. The summed E-state index contributed by atoms with van der Waals surface area (Å²) < 4.78 is 25.1. The van der Waals surface area contributed by atoms with Gasteiger partial charge in [-0.1, -0.05) is 60.2 Å². The van der Waals surface area contributed by atoms with E-state index in [9.17, 15) is 18.5 Å². The highest BCUT2D eigenvalue weighted by atomic mass is 32.2. The van der Waals surface area contributed by atoms with Gasteiger partial charge < -0.3 is 0 Å². The van der Waals surface area contributed by atoms with Crippen molar-refractivity contribution in [1.82, 2.24) is 4.83 Å². The fourth-order valence-electron chi connectivity index (χ4n) is 2.53. The maximum absolute atomic E-state index is 12.6. The van der Waals surface area contributed by atoms with Gasteiger partial charge in [-0.2, -0.15) is 18.4 Å². The van der Waals surface area contributed by atoms with Crippen LogP contribution in [0.25, 0.3) is 0 Å². The van der Waals surface area contributed by atoms with E-state index >= 15 is 0 Å². The molecular weight excluding hydrogens is 378 g/mol. The Morgan fingerprint density at radius 2 is 1.57 bits per heavy atom. The molecule has 0 aliphatic rings. The van der Waals surface area contributed by atoms with E-state index in [4.69, 9.17) is 0 Å². The van der Waals surface area contributed by atoms with Crippen molar-refractivity contribution in [3.63, 3.8) is 0 Å². The van der Waals surface area contributed by atoms with Gasteiger partial charge in [-0.3, -0.25) is 10.1 Å². The Labute approximate surface area is 162 Å². The summed E-state index contributed by atoms with van der Waals surface area (Å²) in [6.45, 7) is 1.86. The van der Waals surface area contributed by atoms with Crippen molar-refractivity contribution in [2.45, 2.75) is 11.8 Å². The Morgan fingerprint density at radius 3 is 2.21 bits per heavy atom. The first-order valence-corrected chi connectivity index (χ1v) is 9.81. The minimum absolute atomic E-state index is 0.0771. The first-order chi connectivity index (χ1) is 13.4. The topological polar surface area (TPSA) is 102 Å². The predicted octanol–water partition coefficient (Wildman–Crippen LogP) is 3.63. The molecule has 142 valence electrons. The predicted molar refractivity (Wildman–Crippen MR) is 107 cm³/mol. The Balaban J connectivity index is 2.03. The minimum atomic E-state index is -3.89. The van der Waals surface area contributed by atoms with Gasteiger partial charge >= 0.3 is 0 Å². The van der Waals surface area contributed by atoms with Crippen LogP contribution >= 0.6 is 0 Å². The van der Waals surface area contributed by atoms with Crippen molar-refractivity contribution in [3.8, 4) is 0 Å². The van der Waals surface area contributed by atoms with Crippen LogP contribution in [0, 0.1) is 17.0 Å². The summed E-state index contributed by atoms with van der Waals surface area (Å²) in [6, 6.07) is 21.1. The van der Waals surface area contributed by atoms with E-state index in [0.29, 0.717) is 11.1 Å². The molecule has 3 rings (SSSR count). The number of sulfonamides is 1. The van der Waals surface area contributed by atoms with Crippen LogP contribution in [-0.2, 0) is 10.0 Å². The van der Waals surface area contributed by atoms with E-state index < -0.39 is 14.9 Å². The minimum Gasteiger partial charge on any atom is -0.258 e. The normalized spacial score (nSPS) is 11.8. The van der Waals surface area contributed by atoms with Crippen LogP contribution in [0.2, 0.25) is 0 Å². The highest BCUT2D eigenvalue weighted by Crippen LogP contribution is 2.18. The standard InChI is InChI=1S/C20H17N3O4S/c1-15-10-12-19(13-11-15)28(26,27)22-21-20(16-6-3-2-4-7-16)17-8-5-9-18(14-17)23(24)25/h2-14,22H,1H3/b21-20-. The molecule has 0 aliphatic carbocycles. The van der Waals surface area contributed by atoms with Crippen LogP contribution in [0.1, 0.15) is 16.7 Å². The van der Waals surface area contributed by atoms with Crippen molar-refractivity contribution in [1.29, 1.82) is 0 Å². The molecule has 28 heavy (non-hydrogen) atoms. The second kappa shape index (κ2) is 8.01. The van der Waals surface area contributed by atoms with Crippen LogP contribution in [0.3, 0.4) is 0 Å². The largest absolute Gasteiger partial charge is 0.276 e.